The third kappa shape index (κ3) is 3.13. The number of benzene rings is 1. The van der Waals surface area contributed by atoms with Crippen molar-refractivity contribution in [3.8, 4) is 0 Å². The quantitative estimate of drug-likeness (QED) is 0.906. The molecule has 0 spiro atoms. The van der Waals surface area contributed by atoms with Crippen LogP contribution in [0.2, 0.25) is 0 Å². The van der Waals surface area contributed by atoms with Crippen molar-refractivity contribution in [3.63, 3.8) is 0 Å². The fraction of sp³-hybridized carbons (Fsp3) is 0.438. The molecule has 0 radical (unpaired) electrons. The Morgan fingerprint density at radius 1 is 1.30 bits per heavy atom. The van der Waals surface area contributed by atoms with Gasteiger partial charge in [-0.1, -0.05) is 44.2 Å². The van der Waals surface area contributed by atoms with Crippen molar-refractivity contribution in [2.45, 2.75) is 32.7 Å². The van der Waals surface area contributed by atoms with Crippen molar-refractivity contribution in [3.05, 3.63) is 51.8 Å². The van der Waals surface area contributed by atoms with Crippen molar-refractivity contribution in [1.82, 2.24) is 9.78 Å². The Balaban J connectivity index is 2.16. The van der Waals surface area contributed by atoms with Gasteiger partial charge in [-0.25, -0.2) is 0 Å². The molecule has 0 aliphatic rings. The molecule has 0 amide bonds. The predicted octanol–water partition coefficient (Wildman–Crippen LogP) is 3.62. The molecule has 2 N–H and O–H groups in total. The Morgan fingerprint density at radius 2 is 1.95 bits per heavy atom. The van der Waals surface area contributed by atoms with Gasteiger partial charge in [-0.05, 0) is 40.3 Å². The summed E-state index contributed by atoms with van der Waals surface area (Å²) >= 11 is 3.67. The van der Waals surface area contributed by atoms with Gasteiger partial charge in [0.2, 0.25) is 0 Å². The summed E-state index contributed by atoms with van der Waals surface area (Å²) in [6, 6.07) is 10.3. The van der Waals surface area contributed by atoms with Crippen molar-refractivity contribution in [1.29, 1.82) is 0 Å². The maximum absolute atomic E-state index is 6.38. The SMILES string of the molecule is CCc1nn(C)c(CC(C)C(N)c2ccccc2)c1Br. The monoisotopic (exact) mass is 335 g/mol. The van der Waals surface area contributed by atoms with Crippen LogP contribution in [0.5, 0.6) is 0 Å². The number of nitrogens with zero attached hydrogens (tertiary/aromatic N) is 2. The van der Waals surface area contributed by atoms with E-state index < -0.39 is 0 Å². The Kier molecular flexibility index (Phi) is 5.00. The van der Waals surface area contributed by atoms with E-state index in [4.69, 9.17) is 5.73 Å². The molecular weight excluding hydrogens is 314 g/mol. The Hall–Kier alpha value is -1.13. The second kappa shape index (κ2) is 6.55. The third-order valence-corrected chi connectivity index (χ3v) is 4.73. The van der Waals surface area contributed by atoms with Gasteiger partial charge in [0, 0.05) is 13.1 Å². The number of nitrogens with two attached hydrogens (primary N) is 1. The lowest BCUT2D eigenvalue weighted by Gasteiger charge is -2.20. The van der Waals surface area contributed by atoms with E-state index in [1.54, 1.807) is 0 Å². The molecule has 2 aromatic rings. The van der Waals surface area contributed by atoms with E-state index in [0.717, 1.165) is 23.0 Å². The number of hydrogen-bond acceptors (Lipinski definition) is 2. The molecule has 0 aliphatic heterocycles. The summed E-state index contributed by atoms with van der Waals surface area (Å²) in [5.74, 6) is 0.355. The summed E-state index contributed by atoms with van der Waals surface area (Å²) < 4.78 is 3.10. The first-order valence-electron chi connectivity index (χ1n) is 7.05. The number of aryl methyl sites for hydroxylation is 2. The minimum atomic E-state index is 0.0445. The van der Waals surface area contributed by atoms with Gasteiger partial charge in [0.15, 0.2) is 0 Å². The van der Waals surface area contributed by atoms with E-state index in [9.17, 15) is 0 Å². The summed E-state index contributed by atoms with van der Waals surface area (Å²) in [5.41, 5.74) is 9.91. The first-order chi connectivity index (χ1) is 9.54. The maximum Gasteiger partial charge on any atom is 0.0766 e. The first-order valence-corrected chi connectivity index (χ1v) is 7.84. The maximum atomic E-state index is 6.38. The molecule has 0 aliphatic carbocycles. The molecule has 0 bridgehead atoms. The minimum Gasteiger partial charge on any atom is -0.324 e. The average molecular weight is 336 g/mol. The molecular formula is C16H22BrN3. The molecule has 0 fully saturated rings. The second-order valence-electron chi connectivity index (χ2n) is 5.30. The largest absolute Gasteiger partial charge is 0.324 e. The van der Waals surface area contributed by atoms with Gasteiger partial charge < -0.3 is 5.73 Å². The van der Waals surface area contributed by atoms with Crippen LogP contribution in [0.25, 0.3) is 0 Å². The van der Waals surface area contributed by atoms with E-state index in [1.807, 2.05) is 29.9 Å². The van der Waals surface area contributed by atoms with Crippen molar-refractivity contribution >= 4 is 15.9 Å². The molecule has 2 atom stereocenters. The Labute approximate surface area is 129 Å². The van der Waals surface area contributed by atoms with Crippen LogP contribution in [0.15, 0.2) is 34.8 Å². The molecule has 2 unspecified atom stereocenters. The smallest absolute Gasteiger partial charge is 0.0766 e. The molecule has 1 aromatic carbocycles. The molecule has 1 heterocycles. The van der Waals surface area contributed by atoms with Crippen molar-refractivity contribution in [2.24, 2.45) is 18.7 Å². The highest BCUT2D eigenvalue weighted by molar-refractivity contribution is 9.10. The number of aromatic nitrogens is 2. The third-order valence-electron chi connectivity index (χ3n) is 3.82. The topological polar surface area (TPSA) is 43.8 Å². The van der Waals surface area contributed by atoms with Crippen LogP contribution in [0, 0.1) is 5.92 Å². The van der Waals surface area contributed by atoms with Gasteiger partial charge >= 0.3 is 0 Å². The zero-order chi connectivity index (χ0) is 14.7. The Morgan fingerprint density at radius 3 is 2.50 bits per heavy atom. The van der Waals surface area contributed by atoms with Crippen LogP contribution >= 0.6 is 15.9 Å². The van der Waals surface area contributed by atoms with Crippen LogP contribution in [0.4, 0.5) is 0 Å². The summed E-state index contributed by atoms with van der Waals surface area (Å²) in [6.45, 7) is 4.32. The molecule has 1 aromatic heterocycles. The summed E-state index contributed by atoms with van der Waals surface area (Å²) in [6.07, 6.45) is 1.85. The highest BCUT2D eigenvalue weighted by Crippen LogP contribution is 2.28. The number of rotatable bonds is 5. The first kappa shape index (κ1) is 15.3. The van der Waals surface area contributed by atoms with Gasteiger partial charge in [-0.2, -0.15) is 5.10 Å². The predicted molar refractivity (Wildman–Crippen MR) is 86.5 cm³/mol. The lowest BCUT2D eigenvalue weighted by molar-refractivity contribution is 0.453. The van der Waals surface area contributed by atoms with Crippen LogP contribution in [-0.2, 0) is 19.9 Å². The fourth-order valence-electron chi connectivity index (χ4n) is 2.48. The molecule has 20 heavy (non-hydrogen) atoms. The molecule has 3 nitrogen and oxygen atoms in total. The second-order valence-corrected chi connectivity index (χ2v) is 6.10. The summed E-state index contributed by atoms with van der Waals surface area (Å²) in [4.78, 5) is 0. The lowest BCUT2D eigenvalue weighted by atomic mass is 9.91. The van der Waals surface area contributed by atoms with Gasteiger partial charge in [-0.15, -0.1) is 0 Å². The molecule has 4 heteroatoms. The fourth-order valence-corrected chi connectivity index (χ4v) is 3.26. The standard InChI is InChI=1S/C16H22BrN3/c1-4-13-15(17)14(20(3)19-13)10-11(2)16(18)12-8-6-5-7-9-12/h5-9,11,16H,4,10,18H2,1-3H3. The highest BCUT2D eigenvalue weighted by atomic mass is 79.9. The zero-order valence-electron chi connectivity index (χ0n) is 12.3. The van der Waals surface area contributed by atoms with Gasteiger partial charge in [0.05, 0.1) is 15.9 Å². The van der Waals surface area contributed by atoms with Crippen LogP contribution in [0.3, 0.4) is 0 Å². The van der Waals surface area contributed by atoms with Crippen LogP contribution in [-0.4, -0.2) is 9.78 Å². The molecule has 0 saturated carbocycles. The lowest BCUT2D eigenvalue weighted by Crippen LogP contribution is -2.21. The van der Waals surface area contributed by atoms with Gasteiger partial charge in [0.1, 0.15) is 0 Å². The average Bonchev–Trinajstić information content (AvgIpc) is 2.74. The highest BCUT2D eigenvalue weighted by Gasteiger charge is 2.20. The minimum absolute atomic E-state index is 0.0445. The molecule has 2 rings (SSSR count). The normalized spacial score (nSPS) is 14.2. The molecule has 108 valence electrons. The van der Waals surface area contributed by atoms with Crippen molar-refractivity contribution in [2.75, 3.05) is 0 Å². The Bertz CT molecular complexity index is 563. The van der Waals surface area contributed by atoms with E-state index in [-0.39, 0.29) is 6.04 Å². The zero-order valence-corrected chi connectivity index (χ0v) is 13.9. The van der Waals surface area contributed by atoms with Gasteiger partial charge in [-0.3, -0.25) is 4.68 Å². The summed E-state index contributed by atoms with van der Waals surface area (Å²) in [5, 5.41) is 4.54. The van der Waals surface area contributed by atoms with E-state index in [1.165, 1.54) is 11.3 Å². The van der Waals surface area contributed by atoms with Crippen LogP contribution < -0.4 is 5.73 Å². The van der Waals surface area contributed by atoms with E-state index in [2.05, 4.69) is 47.0 Å². The van der Waals surface area contributed by atoms with Crippen molar-refractivity contribution < 1.29 is 0 Å². The summed E-state index contributed by atoms with van der Waals surface area (Å²) in [7, 11) is 2.00. The van der Waals surface area contributed by atoms with Gasteiger partial charge in [0.25, 0.3) is 0 Å². The number of hydrogen-bond donors (Lipinski definition) is 1. The van der Waals surface area contributed by atoms with E-state index in [0.29, 0.717) is 5.92 Å². The van der Waals surface area contributed by atoms with Crippen LogP contribution in [0.1, 0.15) is 36.8 Å². The molecule has 0 saturated heterocycles. The van der Waals surface area contributed by atoms with E-state index >= 15 is 0 Å². The number of halogens is 1.